The van der Waals surface area contributed by atoms with Gasteiger partial charge in [-0.1, -0.05) is 26.0 Å². The summed E-state index contributed by atoms with van der Waals surface area (Å²) < 4.78 is 0. The molecule has 3 aliphatic carbocycles. The highest BCUT2D eigenvalue weighted by Crippen LogP contribution is 2.70. The lowest BCUT2D eigenvalue weighted by molar-refractivity contribution is -0.146. The number of rotatable bonds is 1. The number of nitrogens with zero attached hydrogens (tertiary/aromatic N) is 2. The summed E-state index contributed by atoms with van der Waals surface area (Å²) in [6.07, 6.45) is 10.3. The summed E-state index contributed by atoms with van der Waals surface area (Å²) in [5, 5.41) is 0. The van der Waals surface area contributed by atoms with Gasteiger partial charge in [-0.05, 0) is 54.8 Å². The van der Waals surface area contributed by atoms with Gasteiger partial charge in [0.25, 0.3) is 0 Å². The number of carbonyl (C=O) groups is 2. The Bertz CT molecular complexity index is 669. The average molecular weight is 342 g/mol. The highest BCUT2D eigenvalue weighted by Gasteiger charge is 2.68. The van der Waals surface area contributed by atoms with Gasteiger partial charge in [0.05, 0.1) is 12.0 Å². The molecule has 3 aliphatic heterocycles. The van der Waals surface area contributed by atoms with Gasteiger partial charge >= 0.3 is 0 Å². The van der Waals surface area contributed by atoms with E-state index in [1.807, 2.05) is 4.90 Å². The van der Waals surface area contributed by atoms with E-state index >= 15 is 0 Å². The molecule has 2 saturated carbocycles. The third kappa shape index (κ3) is 1.84. The van der Waals surface area contributed by atoms with E-state index in [0.29, 0.717) is 28.7 Å². The van der Waals surface area contributed by atoms with Crippen molar-refractivity contribution in [3.05, 3.63) is 12.2 Å². The van der Waals surface area contributed by atoms with Gasteiger partial charge in [-0.3, -0.25) is 9.59 Å². The number of hydrogen-bond donors (Lipinski definition) is 0. The van der Waals surface area contributed by atoms with E-state index in [1.54, 1.807) is 6.92 Å². The van der Waals surface area contributed by atoms with Crippen LogP contribution in [-0.4, -0.2) is 46.8 Å². The molecule has 0 aromatic carbocycles. The molecule has 5 unspecified atom stereocenters. The molecule has 0 aromatic heterocycles. The Kier molecular flexibility index (Phi) is 3.11. The van der Waals surface area contributed by atoms with E-state index < -0.39 is 0 Å². The van der Waals surface area contributed by atoms with Crippen molar-refractivity contribution in [3.63, 3.8) is 0 Å². The van der Waals surface area contributed by atoms with Crippen LogP contribution in [0.4, 0.5) is 0 Å². The Hall–Kier alpha value is -1.32. The van der Waals surface area contributed by atoms with Gasteiger partial charge in [0.1, 0.15) is 0 Å². The second-order valence-corrected chi connectivity index (χ2v) is 9.80. The first kappa shape index (κ1) is 15.9. The van der Waals surface area contributed by atoms with E-state index in [4.69, 9.17) is 0 Å². The Labute approximate surface area is 150 Å². The Balaban J connectivity index is 1.41. The van der Waals surface area contributed by atoms with Gasteiger partial charge in [0.15, 0.2) is 0 Å². The smallest absolute Gasteiger partial charge is 0.228 e. The molecule has 2 saturated heterocycles. The van der Waals surface area contributed by atoms with Gasteiger partial charge < -0.3 is 9.80 Å². The first-order valence-corrected chi connectivity index (χ1v) is 10.1. The second kappa shape index (κ2) is 4.89. The standard InChI is InChI=1S/C21H30N2O2/c1-13(24)23-12-14-4-5-17(23)16(10-14)19(25)22-9-8-21-7-6-15(11-18(21)22)20(21,2)3/h4-5,14-18H,6-12H2,1-3H3/t14?,15?,16?,17?,18-,21?/m1/s1. The van der Waals surface area contributed by atoms with E-state index in [-0.39, 0.29) is 17.9 Å². The molecular formula is C21H30N2O2. The van der Waals surface area contributed by atoms with Crippen molar-refractivity contribution in [1.82, 2.24) is 9.80 Å². The predicted molar refractivity (Wildman–Crippen MR) is 95.6 cm³/mol. The molecule has 4 nitrogen and oxygen atoms in total. The molecule has 4 bridgehead atoms. The summed E-state index contributed by atoms with van der Waals surface area (Å²) in [7, 11) is 0. The fourth-order valence-corrected chi connectivity index (χ4v) is 7.38. The van der Waals surface area contributed by atoms with Crippen LogP contribution in [0.15, 0.2) is 12.2 Å². The van der Waals surface area contributed by atoms with Gasteiger partial charge in [0.2, 0.25) is 11.8 Å². The molecule has 4 heteroatoms. The molecule has 25 heavy (non-hydrogen) atoms. The summed E-state index contributed by atoms with van der Waals surface area (Å²) in [4.78, 5) is 29.7. The largest absolute Gasteiger partial charge is 0.339 e. The molecule has 0 radical (unpaired) electrons. The van der Waals surface area contributed by atoms with Crippen LogP contribution in [-0.2, 0) is 9.59 Å². The minimum absolute atomic E-state index is 0.0156. The quantitative estimate of drug-likeness (QED) is 0.688. The molecule has 0 aromatic rings. The van der Waals surface area contributed by atoms with Crippen LogP contribution < -0.4 is 0 Å². The van der Waals surface area contributed by atoms with Gasteiger partial charge in [-0.15, -0.1) is 0 Å². The summed E-state index contributed by atoms with van der Waals surface area (Å²) >= 11 is 0. The Morgan fingerprint density at radius 2 is 1.88 bits per heavy atom. The summed E-state index contributed by atoms with van der Waals surface area (Å²) in [5.74, 6) is 1.55. The number of fused-ring (bicyclic) bond motifs is 3. The Morgan fingerprint density at radius 3 is 2.56 bits per heavy atom. The van der Waals surface area contributed by atoms with Crippen molar-refractivity contribution in [1.29, 1.82) is 0 Å². The third-order valence-corrected chi connectivity index (χ3v) is 8.91. The minimum Gasteiger partial charge on any atom is -0.339 e. The van der Waals surface area contributed by atoms with E-state index in [1.165, 1.54) is 25.7 Å². The van der Waals surface area contributed by atoms with Crippen LogP contribution in [0.1, 0.15) is 52.9 Å². The van der Waals surface area contributed by atoms with E-state index in [2.05, 4.69) is 30.9 Å². The minimum atomic E-state index is -0.0231. The van der Waals surface area contributed by atoms with Crippen molar-refractivity contribution in [3.8, 4) is 0 Å². The third-order valence-electron chi connectivity index (χ3n) is 8.91. The fraction of sp³-hybridized carbons (Fsp3) is 0.810. The number of piperidine rings is 1. The van der Waals surface area contributed by atoms with Gasteiger partial charge in [-0.25, -0.2) is 0 Å². The average Bonchev–Trinajstić information content (AvgIpc) is 3.18. The van der Waals surface area contributed by atoms with Crippen LogP contribution in [0.2, 0.25) is 0 Å². The van der Waals surface area contributed by atoms with E-state index in [0.717, 1.165) is 25.4 Å². The lowest BCUT2D eigenvalue weighted by Crippen LogP contribution is -2.57. The van der Waals surface area contributed by atoms with Crippen LogP contribution in [0, 0.1) is 28.6 Å². The van der Waals surface area contributed by atoms with Gasteiger partial charge in [0, 0.05) is 26.1 Å². The van der Waals surface area contributed by atoms with Gasteiger partial charge in [-0.2, -0.15) is 0 Å². The maximum absolute atomic E-state index is 13.5. The Morgan fingerprint density at radius 1 is 1.08 bits per heavy atom. The lowest BCUT2D eigenvalue weighted by atomic mass is 9.67. The molecule has 6 atom stereocenters. The zero-order valence-corrected chi connectivity index (χ0v) is 15.7. The molecule has 0 N–H and O–H groups in total. The van der Waals surface area contributed by atoms with Crippen LogP contribution in [0.25, 0.3) is 0 Å². The van der Waals surface area contributed by atoms with Crippen molar-refractivity contribution < 1.29 is 9.59 Å². The highest BCUT2D eigenvalue weighted by atomic mass is 16.2. The molecule has 4 fully saturated rings. The SMILES string of the molecule is CC(=O)N1CC2C=CC1C(C(=O)N1CCC34CCC(C[C@@H]13)C4(C)C)C2. The van der Waals surface area contributed by atoms with Crippen molar-refractivity contribution >= 4 is 11.8 Å². The predicted octanol–water partition coefficient (Wildman–Crippen LogP) is 2.84. The molecule has 6 aliphatic rings. The molecule has 136 valence electrons. The zero-order valence-electron chi connectivity index (χ0n) is 15.7. The fourth-order valence-electron chi connectivity index (χ4n) is 7.38. The maximum Gasteiger partial charge on any atom is 0.228 e. The first-order valence-electron chi connectivity index (χ1n) is 10.1. The summed E-state index contributed by atoms with van der Waals surface area (Å²) in [6.45, 7) is 8.25. The monoisotopic (exact) mass is 342 g/mol. The summed E-state index contributed by atoms with van der Waals surface area (Å²) in [5.41, 5.74) is 0.737. The first-order chi connectivity index (χ1) is 11.8. The summed E-state index contributed by atoms with van der Waals surface area (Å²) in [6, 6.07) is 0.433. The highest BCUT2D eigenvalue weighted by molar-refractivity contribution is 5.83. The molecule has 2 amide bonds. The normalized spacial score (nSPS) is 46.0. The molecule has 1 spiro atoms. The molecule has 3 heterocycles. The number of hydrogen-bond acceptors (Lipinski definition) is 2. The second-order valence-electron chi connectivity index (χ2n) is 9.80. The lowest BCUT2D eigenvalue weighted by Gasteiger charge is -2.47. The van der Waals surface area contributed by atoms with Crippen LogP contribution >= 0.6 is 0 Å². The van der Waals surface area contributed by atoms with Crippen LogP contribution in [0.3, 0.4) is 0 Å². The van der Waals surface area contributed by atoms with Crippen molar-refractivity contribution in [2.45, 2.75) is 65.0 Å². The topological polar surface area (TPSA) is 40.6 Å². The molecular weight excluding hydrogens is 312 g/mol. The number of carbonyl (C=O) groups excluding carboxylic acids is 2. The molecule has 6 rings (SSSR count). The van der Waals surface area contributed by atoms with Crippen molar-refractivity contribution in [2.24, 2.45) is 28.6 Å². The number of likely N-dealkylation sites (tertiary alicyclic amines) is 1. The number of amides is 2. The van der Waals surface area contributed by atoms with Crippen LogP contribution in [0.5, 0.6) is 0 Å². The van der Waals surface area contributed by atoms with E-state index in [9.17, 15) is 9.59 Å². The maximum atomic E-state index is 13.5. The zero-order chi connectivity index (χ0) is 17.6. The van der Waals surface area contributed by atoms with Crippen molar-refractivity contribution in [2.75, 3.05) is 13.1 Å².